The van der Waals surface area contributed by atoms with Crippen molar-refractivity contribution in [3.63, 3.8) is 0 Å². The average Bonchev–Trinajstić information content (AvgIpc) is 3.43. The third-order valence-corrected chi connectivity index (χ3v) is 5.22. The van der Waals surface area contributed by atoms with Crippen molar-refractivity contribution in [3.05, 3.63) is 78.0 Å². The van der Waals surface area contributed by atoms with E-state index in [1.54, 1.807) is 0 Å². The first-order valence-electron chi connectivity index (χ1n) is 10.4. The second-order valence-corrected chi connectivity index (χ2v) is 7.28. The molecule has 0 bridgehead atoms. The first kappa shape index (κ1) is 19.1. The molecule has 1 aromatic heterocycles. The van der Waals surface area contributed by atoms with Gasteiger partial charge in [-0.25, -0.2) is 4.99 Å². The van der Waals surface area contributed by atoms with E-state index in [1.165, 1.54) is 27.7 Å². The lowest BCUT2D eigenvalue weighted by molar-refractivity contribution is 0.801. The summed E-state index contributed by atoms with van der Waals surface area (Å²) in [4.78, 5) is 10.5. The number of anilines is 1. The van der Waals surface area contributed by atoms with Gasteiger partial charge >= 0.3 is 0 Å². The quantitative estimate of drug-likeness (QED) is 0.328. The summed E-state index contributed by atoms with van der Waals surface area (Å²) >= 11 is 0. The fourth-order valence-electron chi connectivity index (χ4n) is 3.71. The molecule has 0 unspecified atom stereocenters. The van der Waals surface area contributed by atoms with Crippen molar-refractivity contribution in [3.8, 4) is 0 Å². The van der Waals surface area contributed by atoms with E-state index in [9.17, 15) is 0 Å². The highest BCUT2D eigenvalue weighted by Crippen LogP contribution is 2.19. The third-order valence-electron chi connectivity index (χ3n) is 5.22. The molecule has 1 aliphatic heterocycles. The van der Waals surface area contributed by atoms with Crippen LogP contribution in [0.25, 0.3) is 10.9 Å². The molecule has 2 aromatic carbocycles. The fourth-order valence-corrected chi connectivity index (χ4v) is 3.71. The molecule has 3 aromatic rings. The topological polar surface area (TPSA) is 55.5 Å². The highest BCUT2D eigenvalue weighted by molar-refractivity contribution is 5.83. The van der Waals surface area contributed by atoms with Gasteiger partial charge in [-0.1, -0.05) is 42.5 Å². The van der Waals surface area contributed by atoms with Gasteiger partial charge in [0.05, 0.1) is 6.54 Å². The zero-order chi connectivity index (χ0) is 19.9. The Balaban J connectivity index is 1.36. The number of benzene rings is 2. The molecule has 5 nitrogen and oxygen atoms in total. The van der Waals surface area contributed by atoms with Crippen LogP contribution in [0.4, 0.5) is 5.69 Å². The number of aromatic amines is 1. The number of aliphatic imine (C=N–C) groups is 1. The molecule has 0 amide bonds. The van der Waals surface area contributed by atoms with Gasteiger partial charge in [0.1, 0.15) is 0 Å². The average molecular weight is 388 g/mol. The van der Waals surface area contributed by atoms with Gasteiger partial charge < -0.3 is 20.5 Å². The summed E-state index contributed by atoms with van der Waals surface area (Å²) in [6.45, 7) is 6.43. The summed E-state index contributed by atoms with van der Waals surface area (Å²) in [5.74, 6) is 0.862. The van der Waals surface area contributed by atoms with Crippen molar-refractivity contribution in [2.75, 3.05) is 31.1 Å². The van der Waals surface area contributed by atoms with Gasteiger partial charge in [-0.05, 0) is 42.7 Å². The Hall–Kier alpha value is -3.21. The van der Waals surface area contributed by atoms with Gasteiger partial charge in [0.25, 0.3) is 0 Å². The lowest BCUT2D eigenvalue weighted by Crippen LogP contribution is -2.38. The number of aromatic nitrogens is 1. The molecule has 5 heteroatoms. The molecule has 150 valence electrons. The minimum atomic E-state index is 0.664. The van der Waals surface area contributed by atoms with Crippen LogP contribution in [0.5, 0.6) is 0 Å². The summed E-state index contributed by atoms with van der Waals surface area (Å²) in [7, 11) is 0. The second-order valence-electron chi connectivity index (χ2n) is 7.28. The number of hydrogen-bond acceptors (Lipinski definition) is 2. The monoisotopic (exact) mass is 387 g/mol. The second kappa shape index (κ2) is 9.32. The molecular formula is C24H29N5. The predicted octanol–water partition coefficient (Wildman–Crippen LogP) is 3.84. The van der Waals surface area contributed by atoms with Crippen molar-refractivity contribution in [1.82, 2.24) is 15.6 Å². The number of guanidine groups is 1. The lowest BCUT2D eigenvalue weighted by atomic mass is 10.1. The molecule has 3 N–H and O–H groups in total. The Kier molecular flexibility index (Phi) is 6.15. The largest absolute Gasteiger partial charge is 0.364 e. The molecule has 0 fully saturated rings. The van der Waals surface area contributed by atoms with E-state index < -0.39 is 0 Å². The van der Waals surface area contributed by atoms with Crippen LogP contribution >= 0.6 is 0 Å². The van der Waals surface area contributed by atoms with Crippen molar-refractivity contribution in [1.29, 1.82) is 0 Å². The fraction of sp³-hybridized carbons (Fsp3) is 0.292. The SMILES string of the molecule is CCNC(=NCc1cccc(N2CC=CC2)c1)NCCc1c[nH]c2ccccc12. The lowest BCUT2D eigenvalue weighted by Gasteiger charge is -2.18. The van der Waals surface area contributed by atoms with E-state index in [0.717, 1.165) is 38.6 Å². The first-order valence-corrected chi connectivity index (χ1v) is 10.4. The van der Waals surface area contributed by atoms with Gasteiger partial charge in [0, 0.05) is 49.0 Å². The molecule has 0 spiro atoms. The maximum Gasteiger partial charge on any atom is 0.191 e. The van der Waals surface area contributed by atoms with E-state index in [-0.39, 0.29) is 0 Å². The van der Waals surface area contributed by atoms with Crippen molar-refractivity contribution < 1.29 is 0 Å². The molecule has 2 heterocycles. The summed E-state index contributed by atoms with van der Waals surface area (Å²) in [6, 6.07) is 17.1. The smallest absolute Gasteiger partial charge is 0.191 e. The minimum absolute atomic E-state index is 0.664. The van der Waals surface area contributed by atoms with Crippen LogP contribution in [0.2, 0.25) is 0 Å². The van der Waals surface area contributed by atoms with Crippen molar-refractivity contribution in [2.45, 2.75) is 19.9 Å². The Bertz CT molecular complexity index is 993. The standard InChI is InChI=1S/C24H29N5/c1-2-25-24(26-13-12-20-18-27-23-11-4-3-10-22(20)23)28-17-19-8-7-9-21(16-19)29-14-5-6-15-29/h3-11,16,18,27H,2,12-15,17H2,1H3,(H2,25,26,28). The van der Waals surface area contributed by atoms with E-state index in [2.05, 4.69) is 94.3 Å². The molecule has 4 rings (SSSR count). The van der Waals surface area contributed by atoms with E-state index in [1.807, 2.05) is 0 Å². The maximum atomic E-state index is 4.79. The Morgan fingerprint density at radius 1 is 1.07 bits per heavy atom. The molecule has 0 atom stereocenters. The van der Waals surface area contributed by atoms with Gasteiger partial charge in [0.2, 0.25) is 0 Å². The number of nitrogens with zero attached hydrogens (tertiary/aromatic N) is 2. The highest BCUT2D eigenvalue weighted by Gasteiger charge is 2.08. The maximum absolute atomic E-state index is 4.79. The highest BCUT2D eigenvalue weighted by atomic mass is 15.2. The summed E-state index contributed by atoms with van der Waals surface area (Å²) in [5, 5.41) is 8.11. The molecule has 0 saturated carbocycles. The van der Waals surface area contributed by atoms with E-state index in [4.69, 9.17) is 4.99 Å². The van der Waals surface area contributed by atoms with Crippen LogP contribution in [0.3, 0.4) is 0 Å². The summed E-state index contributed by atoms with van der Waals surface area (Å²) in [5.41, 5.74) is 5.01. The summed E-state index contributed by atoms with van der Waals surface area (Å²) in [6.07, 6.45) is 7.48. The van der Waals surface area contributed by atoms with E-state index >= 15 is 0 Å². The number of rotatable bonds is 7. The number of fused-ring (bicyclic) bond motifs is 1. The molecule has 0 saturated heterocycles. The van der Waals surface area contributed by atoms with Gasteiger partial charge in [-0.3, -0.25) is 0 Å². The summed E-state index contributed by atoms with van der Waals surface area (Å²) < 4.78 is 0. The number of para-hydroxylation sites is 1. The van der Waals surface area contributed by atoms with Crippen LogP contribution in [0.1, 0.15) is 18.1 Å². The van der Waals surface area contributed by atoms with Crippen molar-refractivity contribution in [2.24, 2.45) is 4.99 Å². The van der Waals surface area contributed by atoms with E-state index in [0.29, 0.717) is 6.54 Å². The third kappa shape index (κ3) is 4.80. The van der Waals surface area contributed by atoms with Crippen LogP contribution in [0.15, 0.2) is 71.9 Å². The Morgan fingerprint density at radius 2 is 1.93 bits per heavy atom. The Labute approximate surface area is 172 Å². The number of nitrogens with one attached hydrogen (secondary N) is 3. The molecule has 0 aliphatic carbocycles. The van der Waals surface area contributed by atoms with Crippen LogP contribution in [-0.4, -0.2) is 37.1 Å². The predicted molar refractivity (Wildman–Crippen MR) is 123 cm³/mol. The van der Waals surface area contributed by atoms with Crippen LogP contribution < -0.4 is 15.5 Å². The molecular weight excluding hydrogens is 358 g/mol. The Morgan fingerprint density at radius 3 is 2.79 bits per heavy atom. The first-order chi connectivity index (χ1) is 14.3. The van der Waals surface area contributed by atoms with Gasteiger partial charge in [0.15, 0.2) is 5.96 Å². The van der Waals surface area contributed by atoms with Gasteiger partial charge in [-0.15, -0.1) is 0 Å². The van der Waals surface area contributed by atoms with Crippen molar-refractivity contribution >= 4 is 22.5 Å². The molecule has 29 heavy (non-hydrogen) atoms. The number of H-pyrrole nitrogens is 1. The molecule has 1 aliphatic rings. The number of hydrogen-bond donors (Lipinski definition) is 3. The zero-order valence-corrected chi connectivity index (χ0v) is 17.0. The minimum Gasteiger partial charge on any atom is -0.364 e. The van der Waals surface area contributed by atoms with Crippen LogP contribution in [-0.2, 0) is 13.0 Å². The normalized spacial score (nSPS) is 14.0. The zero-order valence-electron chi connectivity index (χ0n) is 17.0. The molecule has 0 radical (unpaired) electrons. The van der Waals surface area contributed by atoms with Crippen LogP contribution in [0, 0.1) is 0 Å². The van der Waals surface area contributed by atoms with Gasteiger partial charge in [-0.2, -0.15) is 0 Å².